The number of rotatable bonds is 3. The standard InChI is InChI=1S/C8H14O5/c1-4(2)5(9)6(10)7(11)8(12)13-3/h6-7,9-11H,1-3H3/t6-,7-/m1/s1. The second-order valence-corrected chi connectivity index (χ2v) is 2.80. The molecule has 0 heterocycles. The van der Waals surface area contributed by atoms with Crippen LogP contribution in [0.1, 0.15) is 13.8 Å². The van der Waals surface area contributed by atoms with E-state index in [0.29, 0.717) is 5.57 Å². The van der Waals surface area contributed by atoms with Gasteiger partial charge in [-0.05, 0) is 19.4 Å². The molecule has 76 valence electrons. The van der Waals surface area contributed by atoms with Crippen LogP contribution in [0.15, 0.2) is 11.3 Å². The molecule has 0 saturated heterocycles. The zero-order chi connectivity index (χ0) is 10.6. The molecule has 0 bridgehead atoms. The van der Waals surface area contributed by atoms with Crippen LogP contribution in [0.3, 0.4) is 0 Å². The highest BCUT2D eigenvalue weighted by molar-refractivity contribution is 5.75. The van der Waals surface area contributed by atoms with Gasteiger partial charge < -0.3 is 20.1 Å². The minimum absolute atomic E-state index is 0.419. The molecule has 2 atom stereocenters. The van der Waals surface area contributed by atoms with Crippen LogP contribution in [0.25, 0.3) is 0 Å². The fraction of sp³-hybridized carbons (Fsp3) is 0.625. The van der Waals surface area contributed by atoms with Crippen molar-refractivity contribution in [2.24, 2.45) is 0 Å². The first-order chi connectivity index (χ1) is 5.91. The maximum absolute atomic E-state index is 10.7. The van der Waals surface area contributed by atoms with Crippen LogP contribution in [-0.4, -0.2) is 40.6 Å². The van der Waals surface area contributed by atoms with E-state index in [0.717, 1.165) is 7.11 Å². The third-order valence-electron chi connectivity index (χ3n) is 1.53. The minimum Gasteiger partial charge on any atom is -0.510 e. The molecule has 0 aromatic heterocycles. The van der Waals surface area contributed by atoms with Crippen LogP contribution >= 0.6 is 0 Å². The Labute approximate surface area is 76.3 Å². The molecule has 0 amide bonds. The summed E-state index contributed by atoms with van der Waals surface area (Å²) < 4.78 is 4.18. The molecule has 0 spiro atoms. The normalized spacial score (nSPS) is 14.5. The fourth-order valence-corrected chi connectivity index (χ4v) is 0.695. The SMILES string of the molecule is COC(=O)[C@H](O)[C@H](O)C(O)=C(C)C. The van der Waals surface area contributed by atoms with Crippen molar-refractivity contribution in [2.45, 2.75) is 26.1 Å². The van der Waals surface area contributed by atoms with E-state index in [1.54, 1.807) is 13.8 Å². The summed E-state index contributed by atoms with van der Waals surface area (Å²) in [7, 11) is 1.08. The molecular weight excluding hydrogens is 176 g/mol. The summed E-state index contributed by atoms with van der Waals surface area (Å²) in [6.45, 7) is 3.09. The van der Waals surface area contributed by atoms with Gasteiger partial charge in [0.1, 0.15) is 11.9 Å². The molecule has 5 heteroatoms. The molecule has 0 saturated carbocycles. The molecule has 0 aliphatic rings. The number of allylic oxidation sites excluding steroid dienone is 1. The molecule has 0 rings (SSSR count). The van der Waals surface area contributed by atoms with Gasteiger partial charge >= 0.3 is 5.97 Å². The van der Waals surface area contributed by atoms with Gasteiger partial charge in [0.25, 0.3) is 0 Å². The lowest BCUT2D eigenvalue weighted by molar-refractivity contribution is -0.156. The Morgan fingerprint density at radius 3 is 2.00 bits per heavy atom. The van der Waals surface area contributed by atoms with E-state index >= 15 is 0 Å². The van der Waals surface area contributed by atoms with Gasteiger partial charge in [-0.1, -0.05) is 0 Å². The summed E-state index contributed by atoms with van der Waals surface area (Å²) in [4.78, 5) is 10.7. The van der Waals surface area contributed by atoms with Crippen molar-refractivity contribution in [3.8, 4) is 0 Å². The van der Waals surface area contributed by atoms with Gasteiger partial charge in [-0.25, -0.2) is 4.79 Å². The number of methoxy groups -OCH3 is 1. The molecule has 0 radical (unpaired) electrons. The van der Waals surface area contributed by atoms with Gasteiger partial charge in [0.2, 0.25) is 0 Å². The molecule has 5 nitrogen and oxygen atoms in total. The van der Waals surface area contributed by atoms with Crippen LogP contribution in [0, 0.1) is 0 Å². The second-order valence-electron chi connectivity index (χ2n) is 2.80. The number of aliphatic hydroxyl groups excluding tert-OH is 3. The van der Waals surface area contributed by atoms with Crippen molar-refractivity contribution in [2.75, 3.05) is 7.11 Å². The van der Waals surface area contributed by atoms with Gasteiger partial charge in [-0.15, -0.1) is 0 Å². The van der Waals surface area contributed by atoms with Crippen molar-refractivity contribution >= 4 is 5.97 Å². The summed E-state index contributed by atoms with van der Waals surface area (Å²) in [5.74, 6) is -1.40. The van der Waals surface area contributed by atoms with Crippen LogP contribution in [0.2, 0.25) is 0 Å². The zero-order valence-corrected chi connectivity index (χ0v) is 7.81. The van der Waals surface area contributed by atoms with E-state index in [2.05, 4.69) is 4.74 Å². The van der Waals surface area contributed by atoms with Crippen molar-refractivity contribution in [1.29, 1.82) is 0 Å². The number of esters is 1. The Hall–Kier alpha value is -1.07. The van der Waals surface area contributed by atoms with Crippen molar-refractivity contribution < 1.29 is 24.9 Å². The van der Waals surface area contributed by atoms with Gasteiger partial charge in [0, 0.05) is 0 Å². The Morgan fingerprint density at radius 1 is 1.23 bits per heavy atom. The lowest BCUT2D eigenvalue weighted by Gasteiger charge is -2.15. The first-order valence-corrected chi connectivity index (χ1v) is 3.72. The maximum atomic E-state index is 10.7. The fourth-order valence-electron chi connectivity index (χ4n) is 0.695. The lowest BCUT2D eigenvalue weighted by atomic mass is 10.1. The van der Waals surface area contributed by atoms with E-state index in [4.69, 9.17) is 5.11 Å². The van der Waals surface area contributed by atoms with Gasteiger partial charge in [0.15, 0.2) is 6.10 Å². The molecule has 0 unspecified atom stereocenters. The summed E-state index contributed by atoms with van der Waals surface area (Å²) in [5, 5.41) is 27.5. The largest absolute Gasteiger partial charge is 0.510 e. The first-order valence-electron chi connectivity index (χ1n) is 3.72. The van der Waals surface area contributed by atoms with Crippen molar-refractivity contribution in [3.05, 3.63) is 11.3 Å². The third kappa shape index (κ3) is 3.04. The average molecular weight is 190 g/mol. The Morgan fingerprint density at radius 2 is 1.69 bits per heavy atom. The molecule has 13 heavy (non-hydrogen) atoms. The minimum atomic E-state index is -1.75. The highest BCUT2D eigenvalue weighted by Crippen LogP contribution is 2.09. The number of ether oxygens (including phenoxy) is 1. The van der Waals surface area contributed by atoms with E-state index < -0.39 is 23.9 Å². The summed E-state index contributed by atoms with van der Waals surface area (Å²) >= 11 is 0. The molecule has 3 N–H and O–H groups in total. The highest BCUT2D eigenvalue weighted by Gasteiger charge is 2.28. The van der Waals surface area contributed by atoms with Crippen LogP contribution in [-0.2, 0) is 9.53 Å². The quantitative estimate of drug-likeness (QED) is 0.421. The monoisotopic (exact) mass is 190 g/mol. The Bertz CT molecular complexity index is 217. The number of hydrogen-bond donors (Lipinski definition) is 3. The summed E-state index contributed by atoms with van der Waals surface area (Å²) in [6, 6.07) is 0. The number of aliphatic hydroxyl groups is 3. The Balaban J connectivity index is 4.52. The van der Waals surface area contributed by atoms with E-state index in [1.165, 1.54) is 0 Å². The van der Waals surface area contributed by atoms with Gasteiger partial charge in [-0.2, -0.15) is 0 Å². The molecular formula is C8H14O5. The van der Waals surface area contributed by atoms with Crippen LogP contribution in [0.4, 0.5) is 0 Å². The van der Waals surface area contributed by atoms with Crippen LogP contribution < -0.4 is 0 Å². The zero-order valence-electron chi connectivity index (χ0n) is 7.81. The first kappa shape index (κ1) is 11.9. The molecule has 0 aliphatic heterocycles. The number of hydrogen-bond acceptors (Lipinski definition) is 5. The predicted molar refractivity (Wildman–Crippen MR) is 45.0 cm³/mol. The summed E-state index contributed by atoms with van der Waals surface area (Å²) in [5.41, 5.74) is 0.426. The second kappa shape index (κ2) is 4.84. The molecule has 0 aromatic carbocycles. The Kier molecular flexibility index (Phi) is 4.44. The van der Waals surface area contributed by atoms with E-state index in [-0.39, 0.29) is 0 Å². The lowest BCUT2D eigenvalue weighted by Crippen LogP contribution is -2.36. The predicted octanol–water partition coefficient (Wildman–Crippen LogP) is -0.267. The van der Waals surface area contributed by atoms with Gasteiger partial charge in [0.05, 0.1) is 7.11 Å². The average Bonchev–Trinajstić information content (AvgIpc) is 2.12. The number of carbonyl (C=O) groups excluding carboxylic acids is 1. The summed E-state index contributed by atoms with van der Waals surface area (Å²) in [6.07, 6.45) is -3.38. The maximum Gasteiger partial charge on any atom is 0.337 e. The third-order valence-corrected chi connectivity index (χ3v) is 1.53. The van der Waals surface area contributed by atoms with Crippen LogP contribution in [0.5, 0.6) is 0 Å². The smallest absolute Gasteiger partial charge is 0.337 e. The topological polar surface area (TPSA) is 87.0 Å². The van der Waals surface area contributed by atoms with E-state index in [9.17, 15) is 15.0 Å². The highest BCUT2D eigenvalue weighted by atomic mass is 16.5. The molecule has 0 aromatic rings. The van der Waals surface area contributed by atoms with Crippen molar-refractivity contribution in [3.63, 3.8) is 0 Å². The molecule has 0 aliphatic carbocycles. The van der Waals surface area contributed by atoms with Gasteiger partial charge in [-0.3, -0.25) is 0 Å². The van der Waals surface area contributed by atoms with E-state index in [1.807, 2.05) is 0 Å². The molecule has 0 fully saturated rings. The number of carbonyl (C=O) groups is 1. The van der Waals surface area contributed by atoms with Crippen molar-refractivity contribution in [1.82, 2.24) is 0 Å².